The zero-order valence-electron chi connectivity index (χ0n) is 15.2. The predicted octanol–water partition coefficient (Wildman–Crippen LogP) is 5.21. The van der Waals surface area contributed by atoms with Crippen LogP contribution in [-0.4, -0.2) is 17.6 Å². The van der Waals surface area contributed by atoms with Gasteiger partial charge in [-0.3, -0.25) is 10.1 Å². The summed E-state index contributed by atoms with van der Waals surface area (Å²) in [5, 5.41) is 6.09. The summed E-state index contributed by atoms with van der Waals surface area (Å²) < 4.78 is 6.80. The second-order valence-corrected chi connectivity index (χ2v) is 7.62. The van der Waals surface area contributed by atoms with E-state index < -0.39 is 0 Å². The third kappa shape index (κ3) is 5.95. The van der Waals surface area contributed by atoms with Crippen molar-refractivity contribution in [2.24, 2.45) is 0 Å². The maximum Gasteiger partial charge on any atom is 0.257 e. The van der Waals surface area contributed by atoms with Gasteiger partial charge in [-0.15, -0.1) is 0 Å². The van der Waals surface area contributed by atoms with Crippen LogP contribution in [0.2, 0.25) is 0 Å². The molecule has 26 heavy (non-hydrogen) atoms. The van der Waals surface area contributed by atoms with E-state index in [9.17, 15) is 4.79 Å². The number of unbranched alkanes of at least 4 members (excludes halogenated alkanes) is 1. The van der Waals surface area contributed by atoms with Crippen LogP contribution in [0, 0.1) is 17.4 Å². The van der Waals surface area contributed by atoms with E-state index in [1.54, 1.807) is 24.3 Å². The van der Waals surface area contributed by atoms with E-state index in [4.69, 9.17) is 17.0 Å². The van der Waals surface area contributed by atoms with Crippen LogP contribution in [0.4, 0.5) is 5.69 Å². The van der Waals surface area contributed by atoms with Gasteiger partial charge >= 0.3 is 0 Å². The van der Waals surface area contributed by atoms with E-state index in [0.29, 0.717) is 12.2 Å². The third-order valence-electron chi connectivity index (χ3n) is 3.86. The molecule has 0 spiro atoms. The Bertz CT molecular complexity index is 791. The molecule has 0 radical (unpaired) electrons. The van der Waals surface area contributed by atoms with Crippen LogP contribution in [0.1, 0.15) is 41.3 Å². The van der Waals surface area contributed by atoms with Gasteiger partial charge in [-0.25, -0.2) is 0 Å². The average molecular weight is 482 g/mol. The number of thiocarbonyl (C=S) groups is 1. The lowest BCUT2D eigenvalue weighted by Gasteiger charge is -2.13. The monoisotopic (exact) mass is 482 g/mol. The summed E-state index contributed by atoms with van der Waals surface area (Å²) in [4.78, 5) is 12.3. The molecular formula is C20H23IN2O2S. The van der Waals surface area contributed by atoms with E-state index in [1.165, 1.54) is 3.57 Å². The molecule has 4 nitrogen and oxygen atoms in total. The normalized spacial score (nSPS) is 10.3. The zero-order chi connectivity index (χ0) is 19.1. The summed E-state index contributed by atoms with van der Waals surface area (Å²) in [5.41, 5.74) is 3.66. The van der Waals surface area contributed by atoms with E-state index in [2.05, 4.69) is 46.2 Å². The Labute approximate surface area is 173 Å². The van der Waals surface area contributed by atoms with Crippen molar-refractivity contribution in [3.63, 3.8) is 0 Å². The van der Waals surface area contributed by atoms with Crippen molar-refractivity contribution in [3.05, 3.63) is 56.7 Å². The van der Waals surface area contributed by atoms with Crippen LogP contribution in [0.15, 0.2) is 36.4 Å². The highest BCUT2D eigenvalue weighted by molar-refractivity contribution is 14.1. The number of halogens is 1. The van der Waals surface area contributed by atoms with Crippen LogP contribution >= 0.6 is 34.8 Å². The van der Waals surface area contributed by atoms with Crippen LogP contribution in [0.3, 0.4) is 0 Å². The second kappa shape index (κ2) is 9.87. The number of hydrogen-bond donors (Lipinski definition) is 2. The van der Waals surface area contributed by atoms with Crippen LogP contribution in [-0.2, 0) is 0 Å². The predicted molar refractivity (Wildman–Crippen MR) is 119 cm³/mol. The molecule has 0 fully saturated rings. The fourth-order valence-corrected chi connectivity index (χ4v) is 3.11. The van der Waals surface area contributed by atoms with Gasteiger partial charge in [0.1, 0.15) is 5.75 Å². The van der Waals surface area contributed by atoms with Gasteiger partial charge in [-0.05, 0) is 103 Å². The van der Waals surface area contributed by atoms with E-state index in [0.717, 1.165) is 35.4 Å². The molecule has 0 bridgehead atoms. The van der Waals surface area contributed by atoms with E-state index >= 15 is 0 Å². The highest BCUT2D eigenvalue weighted by atomic mass is 127. The number of aryl methyl sites for hydroxylation is 2. The van der Waals surface area contributed by atoms with Crippen molar-refractivity contribution in [2.75, 3.05) is 11.9 Å². The molecule has 2 aromatic rings. The number of amides is 1. The molecule has 138 valence electrons. The lowest BCUT2D eigenvalue weighted by atomic mass is 10.1. The Kier molecular flexibility index (Phi) is 7.84. The first kappa shape index (κ1) is 20.6. The molecule has 2 N–H and O–H groups in total. The highest BCUT2D eigenvalue weighted by Gasteiger charge is 2.10. The van der Waals surface area contributed by atoms with Crippen molar-refractivity contribution in [1.82, 2.24) is 5.32 Å². The summed E-state index contributed by atoms with van der Waals surface area (Å²) in [5.74, 6) is 0.517. The molecule has 0 unspecified atom stereocenters. The van der Waals surface area contributed by atoms with Gasteiger partial charge in [0.05, 0.1) is 6.61 Å². The summed E-state index contributed by atoms with van der Waals surface area (Å²) in [6.07, 6.45) is 2.10. The average Bonchev–Trinajstić information content (AvgIpc) is 2.60. The number of carbonyl (C=O) groups is 1. The Balaban J connectivity index is 1.94. The second-order valence-electron chi connectivity index (χ2n) is 6.05. The lowest BCUT2D eigenvalue weighted by molar-refractivity contribution is 0.0977. The zero-order valence-corrected chi connectivity index (χ0v) is 18.2. The molecule has 6 heteroatoms. The van der Waals surface area contributed by atoms with Gasteiger partial charge < -0.3 is 10.1 Å². The molecule has 0 aromatic heterocycles. The number of carbonyl (C=O) groups excluding carboxylic acids is 1. The standard InChI is InChI=1S/C20H23IN2O2S/c1-4-5-10-25-16-8-6-15(7-9-16)19(24)23-20(26)22-18-12-13(2)17(21)11-14(18)3/h6-9,11-12H,4-5,10H2,1-3H3,(H2,22,23,24,26). The first-order valence-corrected chi connectivity index (χ1v) is 10.0. The first-order chi connectivity index (χ1) is 12.4. The third-order valence-corrected chi connectivity index (χ3v) is 5.23. The minimum atomic E-state index is -0.248. The molecule has 2 rings (SSSR count). The van der Waals surface area contributed by atoms with Crippen molar-refractivity contribution in [3.8, 4) is 5.75 Å². The Morgan fingerprint density at radius 1 is 1.15 bits per heavy atom. The molecular weight excluding hydrogens is 459 g/mol. The fourth-order valence-electron chi connectivity index (χ4n) is 2.28. The van der Waals surface area contributed by atoms with E-state index in [-0.39, 0.29) is 11.0 Å². The van der Waals surface area contributed by atoms with Crippen LogP contribution < -0.4 is 15.4 Å². The summed E-state index contributed by atoms with van der Waals surface area (Å²) in [6.45, 7) is 6.85. The number of benzene rings is 2. The molecule has 1 amide bonds. The molecule has 0 saturated heterocycles. The van der Waals surface area contributed by atoms with Crippen molar-refractivity contribution in [2.45, 2.75) is 33.6 Å². The Morgan fingerprint density at radius 2 is 1.85 bits per heavy atom. The number of rotatable bonds is 6. The SMILES string of the molecule is CCCCOc1ccc(C(=O)NC(=S)Nc2cc(C)c(I)cc2C)cc1. The number of nitrogens with one attached hydrogen (secondary N) is 2. The van der Waals surface area contributed by atoms with Gasteiger partial charge in [0.15, 0.2) is 5.11 Å². The molecule has 2 aromatic carbocycles. The first-order valence-electron chi connectivity index (χ1n) is 8.52. The van der Waals surface area contributed by atoms with Gasteiger partial charge in [0.2, 0.25) is 0 Å². The van der Waals surface area contributed by atoms with E-state index in [1.807, 2.05) is 19.9 Å². The maximum atomic E-state index is 12.3. The smallest absolute Gasteiger partial charge is 0.257 e. The molecule has 0 saturated carbocycles. The van der Waals surface area contributed by atoms with Gasteiger partial charge in [-0.1, -0.05) is 13.3 Å². The van der Waals surface area contributed by atoms with Crippen molar-refractivity contribution >= 4 is 51.5 Å². The van der Waals surface area contributed by atoms with Gasteiger partial charge in [0.25, 0.3) is 5.91 Å². The molecule has 0 aliphatic rings. The lowest BCUT2D eigenvalue weighted by Crippen LogP contribution is -2.34. The van der Waals surface area contributed by atoms with Crippen LogP contribution in [0.25, 0.3) is 0 Å². The van der Waals surface area contributed by atoms with Gasteiger partial charge in [-0.2, -0.15) is 0 Å². The minimum absolute atomic E-state index is 0.248. The summed E-state index contributed by atoms with van der Waals surface area (Å²) in [7, 11) is 0. The molecule has 0 aliphatic carbocycles. The van der Waals surface area contributed by atoms with Crippen molar-refractivity contribution in [1.29, 1.82) is 0 Å². The molecule has 0 aliphatic heterocycles. The van der Waals surface area contributed by atoms with Crippen LogP contribution in [0.5, 0.6) is 5.75 Å². The minimum Gasteiger partial charge on any atom is -0.494 e. The molecule has 0 atom stereocenters. The van der Waals surface area contributed by atoms with Crippen molar-refractivity contribution < 1.29 is 9.53 Å². The fraction of sp³-hybridized carbons (Fsp3) is 0.300. The number of anilines is 1. The van der Waals surface area contributed by atoms with Gasteiger partial charge in [0, 0.05) is 14.8 Å². The maximum absolute atomic E-state index is 12.3. The largest absolute Gasteiger partial charge is 0.494 e. The topological polar surface area (TPSA) is 50.4 Å². The Hall–Kier alpha value is -1.67. The molecule has 0 heterocycles. The quantitative estimate of drug-likeness (QED) is 0.337. The number of hydrogen-bond acceptors (Lipinski definition) is 3. The number of ether oxygens (including phenoxy) is 1. The Morgan fingerprint density at radius 3 is 2.50 bits per heavy atom. The highest BCUT2D eigenvalue weighted by Crippen LogP contribution is 2.22. The summed E-state index contributed by atoms with van der Waals surface area (Å²) >= 11 is 7.58. The summed E-state index contributed by atoms with van der Waals surface area (Å²) in [6, 6.07) is 11.2.